The lowest BCUT2D eigenvalue weighted by atomic mass is 9.89. The highest BCUT2D eigenvalue weighted by Gasteiger charge is 2.23. The number of nitrogens with zero attached hydrogens (tertiary/aromatic N) is 4. The average Bonchev–Trinajstić information content (AvgIpc) is 2.89. The lowest BCUT2D eigenvalue weighted by molar-refractivity contribution is 0.420. The summed E-state index contributed by atoms with van der Waals surface area (Å²) in [5.74, 6) is 2.64. The first-order valence-electron chi connectivity index (χ1n) is 7.86. The fourth-order valence-electron chi connectivity index (χ4n) is 3.29. The Morgan fingerprint density at radius 2 is 1.86 bits per heavy atom. The maximum Gasteiger partial charge on any atom is 0.231 e. The van der Waals surface area contributed by atoms with Crippen molar-refractivity contribution >= 4 is 24.0 Å². The van der Waals surface area contributed by atoms with Gasteiger partial charge in [-0.1, -0.05) is 31.4 Å². The fraction of sp³-hybridized carbons (Fsp3) is 0.529. The van der Waals surface area contributed by atoms with Gasteiger partial charge in [-0.15, -0.1) is 22.6 Å². The third kappa shape index (κ3) is 3.27. The number of hydrogen-bond donors (Lipinski definition) is 0. The summed E-state index contributed by atoms with van der Waals surface area (Å²) in [5.41, 5.74) is 2.41. The molecule has 2 aromatic rings. The summed E-state index contributed by atoms with van der Waals surface area (Å²) in [6, 6.07) is 8.48. The van der Waals surface area contributed by atoms with E-state index in [2.05, 4.69) is 64.9 Å². The maximum atomic E-state index is 4.48. The monoisotopic (exact) mass is 320 g/mol. The minimum atomic E-state index is 0. The Balaban J connectivity index is 0.00000176. The molecule has 1 aromatic heterocycles. The van der Waals surface area contributed by atoms with E-state index in [4.69, 9.17) is 0 Å². The van der Waals surface area contributed by atoms with Crippen molar-refractivity contribution in [3.63, 3.8) is 0 Å². The molecule has 120 valence electrons. The topological polar surface area (TPSA) is 34.0 Å². The van der Waals surface area contributed by atoms with Crippen LogP contribution in [0.3, 0.4) is 0 Å². The Labute approximate surface area is 139 Å². The van der Waals surface area contributed by atoms with Gasteiger partial charge in [-0.05, 0) is 37.5 Å². The Morgan fingerprint density at radius 3 is 2.55 bits per heavy atom. The highest BCUT2D eigenvalue weighted by molar-refractivity contribution is 5.85. The summed E-state index contributed by atoms with van der Waals surface area (Å²) < 4.78 is 2.16. The zero-order valence-electron chi connectivity index (χ0n) is 13.6. The molecule has 0 amide bonds. The maximum absolute atomic E-state index is 4.48. The molecule has 1 aromatic carbocycles. The van der Waals surface area contributed by atoms with Crippen molar-refractivity contribution in [1.82, 2.24) is 14.8 Å². The van der Waals surface area contributed by atoms with Crippen LogP contribution in [0.4, 0.5) is 11.6 Å². The summed E-state index contributed by atoms with van der Waals surface area (Å²) in [5, 5.41) is 8.92. The quantitative estimate of drug-likeness (QED) is 0.842. The van der Waals surface area contributed by atoms with Crippen molar-refractivity contribution in [3.8, 4) is 0 Å². The molecule has 0 saturated heterocycles. The molecule has 0 atom stereocenters. The van der Waals surface area contributed by atoms with Crippen LogP contribution in [0, 0.1) is 6.92 Å². The van der Waals surface area contributed by atoms with Gasteiger partial charge < -0.3 is 4.90 Å². The lowest BCUT2D eigenvalue weighted by Gasteiger charge is -2.22. The Kier molecular flexibility index (Phi) is 5.46. The van der Waals surface area contributed by atoms with Crippen molar-refractivity contribution in [2.24, 2.45) is 7.05 Å². The molecule has 0 aliphatic heterocycles. The van der Waals surface area contributed by atoms with Crippen molar-refractivity contribution in [2.75, 3.05) is 11.9 Å². The molecule has 4 nitrogen and oxygen atoms in total. The van der Waals surface area contributed by atoms with Crippen LogP contribution in [0.5, 0.6) is 0 Å². The van der Waals surface area contributed by atoms with Gasteiger partial charge in [0.2, 0.25) is 5.95 Å². The van der Waals surface area contributed by atoms with Gasteiger partial charge in [0.1, 0.15) is 5.82 Å². The molecule has 1 saturated carbocycles. The Morgan fingerprint density at radius 1 is 1.14 bits per heavy atom. The van der Waals surface area contributed by atoms with Crippen LogP contribution in [0.15, 0.2) is 24.3 Å². The highest BCUT2D eigenvalue weighted by atomic mass is 35.5. The van der Waals surface area contributed by atoms with E-state index >= 15 is 0 Å². The van der Waals surface area contributed by atoms with Gasteiger partial charge in [0.15, 0.2) is 0 Å². The lowest BCUT2D eigenvalue weighted by Crippen LogP contribution is -2.16. The van der Waals surface area contributed by atoms with Gasteiger partial charge in [0, 0.05) is 25.7 Å². The summed E-state index contributed by atoms with van der Waals surface area (Å²) in [7, 11) is 4.15. The van der Waals surface area contributed by atoms with E-state index < -0.39 is 0 Å². The van der Waals surface area contributed by atoms with Gasteiger partial charge in [-0.25, -0.2) is 0 Å². The number of aryl methyl sites for hydroxylation is 1. The van der Waals surface area contributed by atoms with Crippen molar-refractivity contribution < 1.29 is 0 Å². The fourth-order valence-corrected chi connectivity index (χ4v) is 3.29. The van der Waals surface area contributed by atoms with E-state index in [0.29, 0.717) is 5.92 Å². The second-order valence-corrected chi connectivity index (χ2v) is 6.15. The van der Waals surface area contributed by atoms with E-state index in [9.17, 15) is 0 Å². The number of rotatable bonds is 3. The van der Waals surface area contributed by atoms with Gasteiger partial charge >= 0.3 is 0 Å². The second kappa shape index (κ2) is 7.14. The van der Waals surface area contributed by atoms with Crippen LogP contribution in [0.25, 0.3) is 0 Å². The molecule has 0 radical (unpaired) electrons. The normalized spacial score (nSPS) is 15.4. The van der Waals surface area contributed by atoms with E-state index in [1.165, 1.54) is 37.7 Å². The highest BCUT2D eigenvalue weighted by Crippen LogP contribution is 2.33. The average molecular weight is 321 g/mol. The van der Waals surface area contributed by atoms with Gasteiger partial charge in [-0.2, -0.15) is 0 Å². The number of anilines is 2. The SMILES string of the molecule is Cc1cccc(N(C)c2nnc(C3CCCCC3)n2C)c1.Cl. The van der Waals surface area contributed by atoms with Crippen LogP contribution < -0.4 is 4.90 Å². The molecule has 5 heteroatoms. The number of halogens is 1. The molecule has 0 bridgehead atoms. The first-order chi connectivity index (χ1) is 10.2. The van der Waals surface area contributed by atoms with Crippen LogP contribution in [0.2, 0.25) is 0 Å². The predicted molar refractivity (Wildman–Crippen MR) is 93.3 cm³/mol. The number of hydrogen-bond acceptors (Lipinski definition) is 3. The van der Waals surface area contributed by atoms with Crippen molar-refractivity contribution in [3.05, 3.63) is 35.7 Å². The van der Waals surface area contributed by atoms with E-state index in [-0.39, 0.29) is 12.4 Å². The number of aromatic nitrogens is 3. The molecule has 22 heavy (non-hydrogen) atoms. The van der Waals surface area contributed by atoms with Crippen LogP contribution in [0.1, 0.15) is 49.4 Å². The summed E-state index contributed by atoms with van der Waals surface area (Å²) in [6.07, 6.45) is 6.51. The molecule has 1 aliphatic carbocycles. The Bertz CT molecular complexity index is 617. The van der Waals surface area contributed by atoms with Gasteiger partial charge in [0.05, 0.1) is 0 Å². The predicted octanol–water partition coefficient (Wildman–Crippen LogP) is 4.36. The molecular weight excluding hydrogens is 296 g/mol. The van der Waals surface area contributed by atoms with Crippen LogP contribution in [-0.2, 0) is 7.05 Å². The zero-order valence-corrected chi connectivity index (χ0v) is 14.4. The summed E-state index contributed by atoms with van der Waals surface area (Å²) >= 11 is 0. The Hall–Kier alpha value is -1.55. The smallest absolute Gasteiger partial charge is 0.231 e. The minimum Gasteiger partial charge on any atom is -0.314 e. The zero-order chi connectivity index (χ0) is 14.8. The van der Waals surface area contributed by atoms with E-state index in [1.54, 1.807) is 0 Å². The van der Waals surface area contributed by atoms with Crippen LogP contribution in [-0.4, -0.2) is 21.8 Å². The van der Waals surface area contributed by atoms with Crippen LogP contribution >= 0.6 is 12.4 Å². The molecule has 1 fully saturated rings. The molecule has 0 unspecified atom stereocenters. The molecule has 0 spiro atoms. The molecule has 1 heterocycles. The van der Waals surface area contributed by atoms with E-state index in [1.807, 2.05) is 0 Å². The first kappa shape index (κ1) is 16.8. The summed E-state index contributed by atoms with van der Waals surface area (Å²) in [6.45, 7) is 2.11. The van der Waals surface area contributed by atoms with E-state index in [0.717, 1.165) is 17.5 Å². The second-order valence-electron chi connectivity index (χ2n) is 6.15. The van der Waals surface area contributed by atoms with Crippen molar-refractivity contribution in [2.45, 2.75) is 44.9 Å². The molecule has 1 aliphatic rings. The number of benzene rings is 1. The summed E-state index contributed by atoms with van der Waals surface area (Å²) in [4.78, 5) is 2.12. The first-order valence-corrected chi connectivity index (χ1v) is 7.86. The molecular formula is C17H25ClN4. The third-order valence-electron chi connectivity index (χ3n) is 4.54. The molecule has 3 rings (SSSR count). The minimum absolute atomic E-state index is 0. The molecule has 0 N–H and O–H groups in total. The standard InChI is InChI=1S/C17H24N4.ClH/c1-13-8-7-11-15(12-13)20(2)17-19-18-16(21(17)3)14-9-5-4-6-10-14;/h7-8,11-12,14H,4-6,9-10H2,1-3H3;1H. The van der Waals surface area contributed by atoms with Gasteiger partial charge in [-0.3, -0.25) is 4.57 Å². The largest absolute Gasteiger partial charge is 0.314 e. The third-order valence-corrected chi connectivity index (χ3v) is 4.54. The van der Waals surface area contributed by atoms with Crippen molar-refractivity contribution in [1.29, 1.82) is 0 Å². The van der Waals surface area contributed by atoms with Gasteiger partial charge in [0.25, 0.3) is 0 Å².